The average Bonchev–Trinajstić information content (AvgIpc) is 3.04. The molecule has 4 nitrogen and oxygen atoms in total. The Kier molecular flexibility index (Phi) is 32.6. The van der Waals surface area contributed by atoms with E-state index in [0.29, 0.717) is 19.3 Å². The molecule has 0 spiro atoms. The largest absolute Gasteiger partial charge is 0.342 e. The zero-order valence-corrected chi connectivity index (χ0v) is 31.2. The topological polar surface area (TPSA) is 69.4 Å². The van der Waals surface area contributed by atoms with Crippen molar-refractivity contribution in [3.63, 3.8) is 0 Å². The first-order valence-corrected chi connectivity index (χ1v) is 20.4. The summed E-state index contributed by atoms with van der Waals surface area (Å²) >= 11 is 0. The number of ketones is 2. The highest BCUT2D eigenvalue weighted by Crippen LogP contribution is 2.24. The third-order valence-electron chi connectivity index (χ3n) is 9.87. The molecule has 0 saturated carbocycles. The van der Waals surface area contributed by atoms with E-state index in [4.69, 9.17) is 10.5 Å². The van der Waals surface area contributed by atoms with Crippen LogP contribution in [0.2, 0.25) is 0 Å². The molecule has 0 saturated heterocycles. The third-order valence-corrected chi connectivity index (χ3v) is 9.87. The van der Waals surface area contributed by atoms with Crippen LogP contribution in [-0.2, 0) is 14.3 Å². The molecular weight excluding hydrogens is 554 g/mol. The van der Waals surface area contributed by atoms with Gasteiger partial charge in [0, 0.05) is 12.8 Å². The lowest BCUT2D eigenvalue weighted by atomic mass is 9.88. The van der Waals surface area contributed by atoms with E-state index in [2.05, 4.69) is 13.8 Å². The maximum Gasteiger partial charge on any atom is 0.183 e. The molecule has 0 heterocycles. The Morgan fingerprint density at radius 2 is 0.667 bits per heavy atom. The molecule has 0 amide bonds. The highest BCUT2D eigenvalue weighted by molar-refractivity contribution is 6.10. The molecule has 0 bridgehead atoms. The van der Waals surface area contributed by atoms with Gasteiger partial charge in [-0.2, -0.15) is 0 Å². The number of carbonyl (C=O) groups is 2. The highest BCUT2D eigenvalue weighted by atomic mass is 16.5. The van der Waals surface area contributed by atoms with Crippen molar-refractivity contribution in [3.05, 3.63) is 0 Å². The van der Waals surface area contributed by atoms with E-state index in [1.165, 1.54) is 167 Å². The van der Waals surface area contributed by atoms with Crippen molar-refractivity contribution in [2.45, 2.75) is 251 Å². The zero-order valence-electron chi connectivity index (χ0n) is 31.2. The van der Waals surface area contributed by atoms with Gasteiger partial charge in [0.25, 0.3) is 0 Å². The first-order chi connectivity index (χ1) is 21.9. The molecule has 0 aliphatic carbocycles. The van der Waals surface area contributed by atoms with Crippen molar-refractivity contribution in [3.8, 4) is 0 Å². The molecule has 0 aliphatic rings. The molecule has 0 aliphatic heterocycles. The average molecular weight is 636 g/mol. The lowest BCUT2D eigenvalue weighted by molar-refractivity contribution is -0.163. The van der Waals surface area contributed by atoms with Crippen LogP contribution in [0, 0.1) is 0 Å². The molecule has 0 aromatic heterocycles. The van der Waals surface area contributed by atoms with Gasteiger partial charge < -0.3 is 10.5 Å². The van der Waals surface area contributed by atoms with Crippen LogP contribution in [0.15, 0.2) is 0 Å². The van der Waals surface area contributed by atoms with Crippen molar-refractivity contribution in [1.29, 1.82) is 0 Å². The molecule has 0 fully saturated rings. The van der Waals surface area contributed by atoms with Gasteiger partial charge >= 0.3 is 0 Å². The van der Waals surface area contributed by atoms with Crippen LogP contribution in [0.25, 0.3) is 0 Å². The predicted molar refractivity (Wildman–Crippen MR) is 197 cm³/mol. The fraction of sp³-hybridized carbons (Fsp3) is 0.951. The van der Waals surface area contributed by atoms with Crippen molar-refractivity contribution in [2.75, 3.05) is 0 Å². The second kappa shape index (κ2) is 33.2. The van der Waals surface area contributed by atoms with Crippen LogP contribution in [-0.4, -0.2) is 23.4 Å². The molecule has 45 heavy (non-hydrogen) atoms. The van der Waals surface area contributed by atoms with E-state index in [9.17, 15) is 9.59 Å². The van der Waals surface area contributed by atoms with Gasteiger partial charge in [-0.15, -0.1) is 0 Å². The summed E-state index contributed by atoms with van der Waals surface area (Å²) in [6.45, 7) is 8.17. The summed E-state index contributed by atoms with van der Waals surface area (Å²) in [5.74, 6) is -0.154. The van der Waals surface area contributed by atoms with Gasteiger partial charge in [-0.1, -0.05) is 201 Å². The maximum atomic E-state index is 13.3. The minimum atomic E-state index is -1.39. The van der Waals surface area contributed by atoms with Gasteiger partial charge in [0.05, 0.1) is 0 Å². The zero-order chi connectivity index (χ0) is 33.3. The molecule has 268 valence electrons. The summed E-state index contributed by atoms with van der Waals surface area (Å²) in [5.41, 5.74) is 4.69. The van der Waals surface area contributed by atoms with E-state index >= 15 is 0 Å². The summed E-state index contributed by atoms with van der Waals surface area (Å²) in [6.07, 6.45) is 39.8. The second-order valence-electron chi connectivity index (χ2n) is 14.3. The van der Waals surface area contributed by atoms with E-state index in [0.717, 1.165) is 25.7 Å². The Morgan fingerprint density at radius 3 is 0.889 bits per heavy atom. The smallest absolute Gasteiger partial charge is 0.183 e. The fourth-order valence-electron chi connectivity index (χ4n) is 6.46. The van der Waals surface area contributed by atoms with Gasteiger partial charge in [0.15, 0.2) is 17.2 Å². The van der Waals surface area contributed by atoms with Gasteiger partial charge in [-0.05, 0) is 26.2 Å². The molecule has 0 radical (unpaired) electrons. The van der Waals surface area contributed by atoms with Crippen LogP contribution in [0.4, 0.5) is 0 Å². The quantitative estimate of drug-likeness (QED) is 0.0419. The minimum Gasteiger partial charge on any atom is -0.342 e. The number of rotatable bonds is 37. The number of Topliss-reactive ketones (excluding diaryl/α,β-unsaturated/α-hetero) is 2. The summed E-state index contributed by atoms with van der Waals surface area (Å²) in [5, 5.41) is 0. The highest BCUT2D eigenvalue weighted by Gasteiger charge is 2.41. The van der Waals surface area contributed by atoms with E-state index in [-0.39, 0.29) is 11.6 Å². The fourth-order valence-corrected chi connectivity index (χ4v) is 6.46. The SMILES string of the molecule is CCCCCCCCCCCCCCCCCC(=O)C(C)(OC(N)CC)C(=O)CCCCCCCCCCCCCCCCC. The first-order valence-electron chi connectivity index (χ1n) is 20.4. The lowest BCUT2D eigenvalue weighted by Crippen LogP contribution is -2.50. The number of nitrogens with two attached hydrogens (primary N) is 1. The Hall–Kier alpha value is -0.740. The predicted octanol–water partition coefficient (Wildman–Crippen LogP) is 13.1. The van der Waals surface area contributed by atoms with Crippen molar-refractivity contribution >= 4 is 11.6 Å². The molecule has 1 unspecified atom stereocenters. The van der Waals surface area contributed by atoms with Crippen LogP contribution in [0.3, 0.4) is 0 Å². The van der Waals surface area contributed by atoms with Gasteiger partial charge in [0.1, 0.15) is 6.23 Å². The molecule has 0 rings (SSSR count). The van der Waals surface area contributed by atoms with E-state index in [1.54, 1.807) is 6.92 Å². The van der Waals surface area contributed by atoms with Crippen molar-refractivity contribution < 1.29 is 14.3 Å². The van der Waals surface area contributed by atoms with Crippen molar-refractivity contribution in [2.24, 2.45) is 5.73 Å². The number of unbranched alkanes of at least 4 members (excludes halogenated alkanes) is 28. The van der Waals surface area contributed by atoms with Crippen LogP contribution in [0.5, 0.6) is 0 Å². The van der Waals surface area contributed by atoms with Crippen LogP contribution < -0.4 is 5.73 Å². The van der Waals surface area contributed by atoms with Crippen LogP contribution >= 0.6 is 0 Å². The summed E-state index contributed by atoms with van der Waals surface area (Å²) in [4.78, 5) is 26.5. The minimum absolute atomic E-state index is 0.0768. The molecule has 0 aromatic carbocycles. The standard InChI is InChI=1S/C41H81NO3/c1-5-8-10-12-14-16-18-20-22-24-26-28-30-32-34-36-38(43)41(4,45-40(42)7-3)39(44)37-35-33-31-29-27-25-23-21-19-17-15-13-11-9-6-2/h40H,5-37,42H2,1-4H3. The molecule has 4 heteroatoms. The van der Waals surface area contributed by atoms with E-state index < -0.39 is 11.8 Å². The Morgan fingerprint density at radius 1 is 0.444 bits per heavy atom. The van der Waals surface area contributed by atoms with Crippen LogP contribution in [0.1, 0.15) is 240 Å². The van der Waals surface area contributed by atoms with E-state index in [1.807, 2.05) is 6.92 Å². The summed E-state index contributed by atoms with van der Waals surface area (Å²) in [6, 6.07) is 0. The number of ether oxygens (including phenoxy) is 1. The number of carbonyl (C=O) groups excluding carboxylic acids is 2. The molecule has 1 atom stereocenters. The monoisotopic (exact) mass is 636 g/mol. The lowest BCUT2D eigenvalue weighted by Gasteiger charge is -2.30. The Bertz CT molecular complexity index is 603. The van der Waals surface area contributed by atoms with Gasteiger partial charge in [-0.3, -0.25) is 9.59 Å². The van der Waals surface area contributed by atoms with Crippen molar-refractivity contribution in [1.82, 2.24) is 0 Å². The normalized spacial score (nSPS) is 12.6. The second-order valence-corrected chi connectivity index (χ2v) is 14.3. The first kappa shape index (κ1) is 44.3. The third kappa shape index (κ3) is 27.0. The maximum absolute atomic E-state index is 13.3. The number of hydrogen-bond donors (Lipinski definition) is 1. The number of hydrogen-bond acceptors (Lipinski definition) is 4. The Labute approximate surface area is 282 Å². The molecular formula is C41H81NO3. The van der Waals surface area contributed by atoms with Gasteiger partial charge in [-0.25, -0.2) is 0 Å². The molecule has 2 N–H and O–H groups in total. The molecule has 0 aromatic rings. The summed E-state index contributed by atoms with van der Waals surface area (Å²) in [7, 11) is 0. The summed E-state index contributed by atoms with van der Waals surface area (Å²) < 4.78 is 5.94. The Balaban J connectivity index is 4.00. The van der Waals surface area contributed by atoms with Gasteiger partial charge in [0.2, 0.25) is 0 Å².